The molecule has 1 N–H and O–H groups in total. The zero-order chi connectivity index (χ0) is 16.5. The summed E-state index contributed by atoms with van der Waals surface area (Å²) in [6.45, 7) is 5.16. The second kappa shape index (κ2) is 6.51. The van der Waals surface area contributed by atoms with Gasteiger partial charge in [-0.25, -0.2) is 9.97 Å². The predicted octanol–water partition coefficient (Wildman–Crippen LogP) is 4.15. The van der Waals surface area contributed by atoms with Gasteiger partial charge in [-0.2, -0.15) is 0 Å². The molecule has 0 saturated carbocycles. The van der Waals surface area contributed by atoms with Gasteiger partial charge in [-0.05, 0) is 32.0 Å². The molecule has 0 saturated heterocycles. The van der Waals surface area contributed by atoms with Crippen LogP contribution in [0.15, 0.2) is 29.0 Å². The van der Waals surface area contributed by atoms with E-state index in [9.17, 15) is 0 Å². The van der Waals surface area contributed by atoms with Crippen LogP contribution < -0.4 is 14.8 Å². The third kappa shape index (κ3) is 3.15. The van der Waals surface area contributed by atoms with E-state index in [1.54, 1.807) is 22.7 Å². The average molecular weight is 359 g/mol. The van der Waals surface area contributed by atoms with Gasteiger partial charge in [-0.3, -0.25) is 0 Å². The molecule has 124 valence electrons. The molecule has 2 aromatic heterocycles. The summed E-state index contributed by atoms with van der Waals surface area (Å²) < 4.78 is 10.8. The summed E-state index contributed by atoms with van der Waals surface area (Å²) in [6.07, 6.45) is 0. The van der Waals surface area contributed by atoms with Crippen LogP contribution >= 0.6 is 22.7 Å². The highest BCUT2D eigenvalue weighted by Gasteiger charge is 2.15. The van der Waals surface area contributed by atoms with Crippen molar-refractivity contribution >= 4 is 22.7 Å². The Morgan fingerprint density at radius 2 is 2.04 bits per heavy atom. The third-order valence-corrected chi connectivity index (χ3v) is 5.85. The summed E-state index contributed by atoms with van der Waals surface area (Å²) in [6, 6.07) is 6.16. The number of benzene rings is 1. The van der Waals surface area contributed by atoms with Crippen LogP contribution in [0.4, 0.5) is 0 Å². The van der Waals surface area contributed by atoms with Crippen LogP contribution in [-0.4, -0.2) is 16.8 Å². The lowest BCUT2D eigenvalue weighted by Crippen LogP contribution is -2.18. The van der Waals surface area contributed by atoms with E-state index in [-0.39, 0.29) is 6.04 Å². The Kier molecular flexibility index (Phi) is 4.22. The number of fused-ring (bicyclic) bond motifs is 1. The molecule has 1 unspecified atom stereocenters. The van der Waals surface area contributed by atoms with Crippen molar-refractivity contribution in [2.45, 2.75) is 26.4 Å². The van der Waals surface area contributed by atoms with Gasteiger partial charge in [-0.15, -0.1) is 22.7 Å². The number of aryl methyl sites for hydroxylation is 1. The Morgan fingerprint density at radius 3 is 2.88 bits per heavy atom. The van der Waals surface area contributed by atoms with Gasteiger partial charge in [0, 0.05) is 28.6 Å². The normalized spacial score (nSPS) is 14.1. The molecule has 3 aromatic rings. The third-order valence-electron chi connectivity index (χ3n) is 3.77. The fraction of sp³-hybridized carbons (Fsp3) is 0.294. The minimum Gasteiger partial charge on any atom is -0.454 e. The molecule has 0 aliphatic carbocycles. The minimum atomic E-state index is 0.222. The number of hydrogen-bond donors (Lipinski definition) is 1. The van der Waals surface area contributed by atoms with Crippen LogP contribution in [0.3, 0.4) is 0 Å². The molecule has 0 fully saturated rings. The number of thiazole rings is 2. The lowest BCUT2D eigenvalue weighted by atomic mass is 10.2. The monoisotopic (exact) mass is 359 g/mol. The quantitative estimate of drug-likeness (QED) is 0.741. The molecule has 0 radical (unpaired) electrons. The molecule has 1 aliphatic rings. The highest BCUT2D eigenvalue weighted by Crippen LogP contribution is 2.36. The molecule has 24 heavy (non-hydrogen) atoms. The molecule has 1 aromatic carbocycles. The lowest BCUT2D eigenvalue weighted by Gasteiger charge is -2.09. The van der Waals surface area contributed by atoms with Crippen LogP contribution in [0.2, 0.25) is 0 Å². The summed E-state index contributed by atoms with van der Waals surface area (Å²) in [5, 5.41) is 9.75. The molecule has 0 amide bonds. The van der Waals surface area contributed by atoms with Gasteiger partial charge >= 0.3 is 0 Å². The summed E-state index contributed by atoms with van der Waals surface area (Å²) in [4.78, 5) is 9.24. The number of hydrogen-bond acceptors (Lipinski definition) is 7. The second-order valence-corrected chi connectivity index (χ2v) is 7.39. The molecule has 1 atom stereocenters. The Balaban J connectivity index is 1.43. The van der Waals surface area contributed by atoms with E-state index in [0.29, 0.717) is 6.79 Å². The number of aromatic nitrogens is 2. The first kappa shape index (κ1) is 15.6. The summed E-state index contributed by atoms with van der Waals surface area (Å²) in [7, 11) is 0. The van der Waals surface area contributed by atoms with E-state index >= 15 is 0 Å². The van der Waals surface area contributed by atoms with Gasteiger partial charge in [0.05, 0.1) is 11.7 Å². The molecule has 5 nitrogen and oxygen atoms in total. The Labute approximate surface area is 148 Å². The van der Waals surface area contributed by atoms with Crippen LogP contribution in [0.25, 0.3) is 10.6 Å². The average Bonchev–Trinajstić information content (AvgIpc) is 3.32. The first-order valence-corrected chi connectivity index (χ1v) is 9.45. The predicted molar refractivity (Wildman–Crippen MR) is 95.8 cm³/mol. The molecular formula is C17H17N3O2S2. The van der Waals surface area contributed by atoms with Gasteiger partial charge in [0.15, 0.2) is 11.5 Å². The van der Waals surface area contributed by atoms with Gasteiger partial charge in [0.1, 0.15) is 10.0 Å². The summed E-state index contributed by atoms with van der Waals surface area (Å²) >= 11 is 3.33. The van der Waals surface area contributed by atoms with Crippen molar-refractivity contribution in [3.8, 4) is 22.1 Å². The molecule has 1 aliphatic heterocycles. The van der Waals surface area contributed by atoms with E-state index in [4.69, 9.17) is 14.5 Å². The molecule has 3 heterocycles. The maximum Gasteiger partial charge on any atom is 0.231 e. The maximum atomic E-state index is 5.43. The van der Waals surface area contributed by atoms with Crippen LogP contribution in [0, 0.1) is 6.92 Å². The number of nitrogens with zero attached hydrogens (tertiary/aromatic N) is 2. The number of rotatable bonds is 5. The fourth-order valence-electron chi connectivity index (χ4n) is 2.47. The largest absolute Gasteiger partial charge is 0.454 e. The standard InChI is InChI=1S/C17H17N3O2S2/c1-10-7-23-16(19-10)11(2)18-6-13-8-24-17(20-13)12-3-4-14-15(5-12)22-9-21-14/h3-5,7-8,11,18H,6,9H2,1-2H3. The van der Waals surface area contributed by atoms with Crippen molar-refractivity contribution in [1.29, 1.82) is 0 Å². The lowest BCUT2D eigenvalue weighted by molar-refractivity contribution is 0.174. The highest BCUT2D eigenvalue weighted by atomic mass is 32.1. The first-order chi connectivity index (χ1) is 11.7. The summed E-state index contributed by atoms with van der Waals surface area (Å²) in [5.74, 6) is 1.58. The Morgan fingerprint density at radius 1 is 1.17 bits per heavy atom. The molecule has 4 rings (SSSR count). The van der Waals surface area contributed by atoms with Crippen molar-refractivity contribution in [2.75, 3.05) is 6.79 Å². The summed E-state index contributed by atoms with van der Waals surface area (Å²) in [5.41, 5.74) is 3.16. The van der Waals surface area contributed by atoms with Gasteiger partial charge < -0.3 is 14.8 Å². The van der Waals surface area contributed by atoms with Crippen LogP contribution in [0.1, 0.15) is 29.4 Å². The van der Waals surface area contributed by atoms with E-state index in [1.807, 2.05) is 25.1 Å². The molecular weight excluding hydrogens is 342 g/mol. The van der Waals surface area contributed by atoms with Crippen molar-refractivity contribution in [3.63, 3.8) is 0 Å². The van der Waals surface area contributed by atoms with E-state index in [1.165, 1.54) is 0 Å². The number of nitrogens with one attached hydrogen (secondary N) is 1. The molecule has 0 spiro atoms. The van der Waals surface area contributed by atoms with Crippen molar-refractivity contribution in [1.82, 2.24) is 15.3 Å². The van der Waals surface area contributed by atoms with Gasteiger partial charge in [-0.1, -0.05) is 0 Å². The van der Waals surface area contributed by atoms with Gasteiger partial charge in [0.2, 0.25) is 6.79 Å². The minimum absolute atomic E-state index is 0.222. The van der Waals surface area contributed by atoms with Crippen molar-refractivity contribution in [2.24, 2.45) is 0 Å². The second-order valence-electron chi connectivity index (χ2n) is 5.64. The van der Waals surface area contributed by atoms with E-state index in [2.05, 4.69) is 28.0 Å². The maximum absolute atomic E-state index is 5.43. The van der Waals surface area contributed by atoms with E-state index < -0.39 is 0 Å². The topological polar surface area (TPSA) is 56.3 Å². The SMILES string of the molecule is Cc1csc(C(C)NCc2csc(-c3ccc4c(c3)OCO4)n2)n1. The zero-order valence-corrected chi connectivity index (χ0v) is 15.0. The smallest absolute Gasteiger partial charge is 0.231 e. The van der Waals surface area contributed by atoms with Crippen LogP contribution in [-0.2, 0) is 6.54 Å². The highest BCUT2D eigenvalue weighted by molar-refractivity contribution is 7.13. The van der Waals surface area contributed by atoms with Gasteiger partial charge in [0.25, 0.3) is 0 Å². The fourth-order valence-corrected chi connectivity index (χ4v) is 4.11. The zero-order valence-electron chi connectivity index (χ0n) is 13.4. The van der Waals surface area contributed by atoms with E-state index in [0.717, 1.165) is 45.0 Å². The van der Waals surface area contributed by atoms with Crippen LogP contribution in [0.5, 0.6) is 11.5 Å². The molecule has 0 bridgehead atoms. The van der Waals surface area contributed by atoms with Crippen molar-refractivity contribution in [3.05, 3.63) is 45.4 Å². The Hall–Kier alpha value is -1.96. The van der Waals surface area contributed by atoms with Crippen molar-refractivity contribution < 1.29 is 9.47 Å². The Bertz CT molecular complexity index is 859. The number of ether oxygens (including phenoxy) is 2. The molecule has 7 heteroatoms. The first-order valence-electron chi connectivity index (χ1n) is 7.69.